The maximum Gasteiger partial charge on any atom is 0.169 e. The third-order valence-corrected chi connectivity index (χ3v) is 2.97. The first-order valence-electron chi connectivity index (χ1n) is 5.69. The number of methoxy groups -OCH3 is 1. The van der Waals surface area contributed by atoms with Crippen LogP contribution in [0.25, 0.3) is 0 Å². The highest BCUT2D eigenvalue weighted by atomic mass is 35.5. The first kappa shape index (κ1) is 13.9. The molecule has 0 amide bonds. The topological polar surface area (TPSA) is 59.3 Å². The summed E-state index contributed by atoms with van der Waals surface area (Å²) in [6.45, 7) is 0. The number of halogens is 1. The molecule has 5 heteroatoms. The number of hydrogen-bond donors (Lipinski definition) is 0. The molecule has 0 bridgehead atoms. The molecule has 0 unspecified atom stereocenters. The van der Waals surface area contributed by atoms with Gasteiger partial charge in [0.2, 0.25) is 0 Å². The van der Waals surface area contributed by atoms with Crippen LogP contribution in [0.2, 0.25) is 5.02 Å². The van der Waals surface area contributed by atoms with Crippen LogP contribution < -0.4 is 9.47 Å². The molecule has 0 saturated carbocycles. The van der Waals surface area contributed by atoms with Gasteiger partial charge < -0.3 is 9.47 Å². The molecule has 100 valence electrons. The second-order valence-corrected chi connectivity index (χ2v) is 4.26. The first-order valence-corrected chi connectivity index (χ1v) is 6.07. The van der Waals surface area contributed by atoms with E-state index in [4.69, 9.17) is 26.3 Å². The number of hydrogen-bond acceptors (Lipinski definition) is 4. The van der Waals surface area contributed by atoms with E-state index in [2.05, 4.69) is 0 Å². The Balaban J connectivity index is 2.43. The van der Waals surface area contributed by atoms with Crippen LogP contribution in [0.1, 0.15) is 15.9 Å². The highest BCUT2D eigenvalue weighted by Gasteiger charge is 2.11. The Morgan fingerprint density at radius 1 is 1.20 bits per heavy atom. The predicted molar refractivity (Wildman–Crippen MR) is 74.6 cm³/mol. The summed E-state index contributed by atoms with van der Waals surface area (Å²) < 4.78 is 10.8. The molecular weight excluding hydrogens is 278 g/mol. The van der Waals surface area contributed by atoms with Crippen LogP contribution in [0.3, 0.4) is 0 Å². The molecule has 0 aliphatic heterocycles. The first-order chi connectivity index (χ1) is 9.69. The Kier molecular flexibility index (Phi) is 4.24. The molecule has 0 atom stereocenters. The molecule has 0 saturated heterocycles. The number of rotatable bonds is 4. The number of nitrogens with zero attached hydrogens (tertiary/aromatic N) is 1. The molecule has 0 aromatic heterocycles. The zero-order valence-corrected chi connectivity index (χ0v) is 11.3. The van der Waals surface area contributed by atoms with Crippen molar-refractivity contribution in [2.24, 2.45) is 0 Å². The highest BCUT2D eigenvalue weighted by Crippen LogP contribution is 2.35. The van der Waals surface area contributed by atoms with Crippen LogP contribution in [0.4, 0.5) is 0 Å². The lowest BCUT2D eigenvalue weighted by Crippen LogP contribution is -1.94. The van der Waals surface area contributed by atoms with Crippen molar-refractivity contribution in [2.45, 2.75) is 0 Å². The van der Waals surface area contributed by atoms with E-state index in [1.54, 1.807) is 36.4 Å². The van der Waals surface area contributed by atoms with Gasteiger partial charge in [0.15, 0.2) is 17.8 Å². The Bertz CT molecular complexity index is 692. The van der Waals surface area contributed by atoms with Crippen LogP contribution >= 0.6 is 11.6 Å². The van der Waals surface area contributed by atoms with Crippen molar-refractivity contribution in [1.29, 1.82) is 5.26 Å². The van der Waals surface area contributed by atoms with Gasteiger partial charge in [0.05, 0.1) is 29.3 Å². The average Bonchev–Trinajstić information content (AvgIpc) is 2.48. The van der Waals surface area contributed by atoms with Gasteiger partial charge in [-0.25, -0.2) is 0 Å². The van der Waals surface area contributed by atoms with Crippen molar-refractivity contribution in [3.8, 4) is 23.3 Å². The molecule has 0 N–H and O–H groups in total. The largest absolute Gasteiger partial charge is 0.493 e. The Hall–Kier alpha value is -2.51. The smallest absolute Gasteiger partial charge is 0.169 e. The SMILES string of the molecule is COc1cc(C#N)ccc1Oc1cccc(Cl)c1C=O. The highest BCUT2D eigenvalue weighted by molar-refractivity contribution is 6.33. The average molecular weight is 288 g/mol. The minimum absolute atomic E-state index is 0.264. The second kappa shape index (κ2) is 6.09. The van der Waals surface area contributed by atoms with Gasteiger partial charge in [-0.3, -0.25) is 4.79 Å². The minimum atomic E-state index is 0.264. The fourth-order valence-corrected chi connectivity index (χ4v) is 1.87. The van der Waals surface area contributed by atoms with E-state index < -0.39 is 0 Å². The molecule has 2 aromatic carbocycles. The summed E-state index contributed by atoms with van der Waals surface area (Å²) >= 11 is 5.93. The second-order valence-electron chi connectivity index (χ2n) is 3.85. The Morgan fingerprint density at radius 2 is 2.00 bits per heavy atom. The zero-order valence-electron chi connectivity index (χ0n) is 10.6. The zero-order chi connectivity index (χ0) is 14.5. The molecule has 0 aliphatic carbocycles. The fraction of sp³-hybridized carbons (Fsp3) is 0.0667. The molecule has 2 rings (SSSR count). The van der Waals surface area contributed by atoms with E-state index in [0.29, 0.717) is 34.1 Å². The standard InChI is InChI=1S/C15H10ClNO3/c1-19-15-7-10(8-17)5-6-14(15)20-13-4-2-3-12(16)11(13)9-18/h2-7,9H,1H3. The van der Waals surface area contributed by atoms with E-state index in [1.165, 1.54) is 7.11 Å². The Morgan fingerprint density at radius 3 is 2.65 bits per heavy atom. The monoisotopic (exact) mass is 287 g/mol. The van der Waals surface area contributed by atoms with E-state index >= 15 is 0 Å². The van der Waals surface area contributed by atoms with Gasteiger partial charge in [-0.05, 0) is 24.3 Å². The number of carbonyl (C=O) groups excluding carboxylic acids is 1. The van der Waals surface area contributed by atoms with Gasteiger partial charge in [-0.2, -0.15) is 5.26 Å². The van der Waals surface area contributed by atoms with Crippen LogP contribution in [0, 0.1) is 11.3 Å². The van der Waals surface area contributed by atoms with Crippen LogP contribution in [-0.2, 0) is 0 Å². The van der Waals surface area contributed by atoms with Gasteiger partial charge in [-0.1, -0.05) is 17.7 Å². The summed E-state index contributed by atoms with van der Waals surface area (Å²) in [6.07, 6.45) is 0.633. The Labute approximate surface area is 121 Å². The van der Waals surface area contributed by atoms with Crippen molar-refractivity contribution >= 4 is 17.9 Å². The predicted octanol–water partition coefficient (Wildman–Crippen LogP) is 3.83. The summed E-state index contributed by atoms with van der Waals surface area (Å²) in [5.41, 5.74) is 0.719. The molecule has 4 nitrogen and oxygen atoms in total. The summed E-state index contributed by atoms with van der Waals surface area (Å²) in [6, 6.07) is 11.7. The lowest BCUT2D eigenvalue weighted by molar-refractivity contribution is 0.112. The minimum Gasteiger partial charge on any atom is -0.493 e. The number of carbonyl (C=O) groups is 1. The van der Waals surface area contributed by atoms with Crippen molar-refractivity contribution < 1.29 is 14.3 Å². The maximum atomic E-state index is 11.1. The van der Waals surface area contributed by atoms with Gasteiger partial charge in [0.25, 0.3) is 0 Å². The van der Waals surface area contributed by atoms with Crippen molar-refractivity contribution in [2.75, 3.05) is 7.11 Å². The summed E-state index contributed by atoms with van der Waals surface area (Å²) in [4.78, 5) is 11.1. The van der Waals surface area contributed by atoms with Gasteiger partial charge in [0, 0.05) is 6.07 Å². The number of ether oxygens (including phenoxy) is 2. The summed E-state index contributed by atoms with van der Waals surface area (Å²) in [5, 5.41) is 9.16. The van der Waals surface area contributed by atoms with Crippen molar-refractivity contribution in [1.82, 2.24) is 0 Å². The van der Waals surface area contributed by atoms with Crippen LogP contribution in [0.15, 0.2) is 36.4 Å². The number of nitriles is 1. The molecule has 0 heterocycles. The molecule has 20 heavy (non-hydrogen) atoms. The third-order valence-electron chi connectivity index (χ3n) is 2.64. The van der Waals surface area contributed by atoms with E-state index in [0.717, 1.165) is 0 Å². The normalized spacial score (nSPS) is 9.65. The van der Waals surface area contributed by atoms with E-state index in [-0.39, 0.29) is 5.56 Å². The molecular formula is C15H10ClNO3. The third kappa shape index (κ3) is 2.73. The van der Waals surface area contributed by atoms with Gasteiger partial charge in [0.1, 0.15) is 5.75 Å². The summed E-state index contributed by atoms with van der Waals surface area (Å²) in [5.74, 6) is 1.13. The molecule has 0 spiro atoms. The van der Waals surface area contributed by atoms with Gasteiger partial charge >= 0.3 is 0 Å². The van der Waals surface area contributed by atoms with Crippen LogP contribution in [-0.4, -0.2) is 13.4 Å². The summed E-state index contributed by atoms with van der Waals surface area (Å²) in [7, 11) is 1.47. The van der Waals surface area contributed by atoms with Crippen molar-refractivity contribution in [3.05, 3.63) is 52.5 Å². The quantitative estimate of drug-likeness (QED) is 0.802. The number of benzene rings is 2. The van der Waals surface area contributed by atoms with Crippen molar-refractivity contribution in [3.63, 3.8) is 0 Å². The van der Waals surface area contributed by atoms with E-state index in [9.17, 15) is 4.79 Å². The number of aldehydes is 1. The van der Waals surface area contributed by atoms with Crippen LogP contribution in [0.5, 0.6) is 17.2 Å². The fourth-order valence-electron chi connectivity index (χ4n) is 1.66. The maximum absolute atomic E-state index is 11.1. The lowest BCUT2D eigenvalue weighted by atomic mass is 10.2. The van der Waals surface area contributed by atoms with E-state index in [1.807, 2.05) is 6.07 Å². The molecule has 0 radical (unpaired) electrons. The molecule has 0 fully saturated rings. The van der Waals surface area contributed by atoms with Gasteiger partial charge in [-0.15, -0.1) is 0 Å². The molecule has 2 aromatic rings. The lowest BCUT2D eigenvalue weighted by Gasteiger charge is -2.12. The molecule has 0 aliphatic rings.